The number of carbonyl (C=O) groups excluding carboxylic acids is 1. The lowest BCUT2D eigenvalue weighted by Gasteiger charge is -2.35. The molecule has 1 rings (SSSR count). The first kappa shape index (κ1) is 11.8. The number of urea groups is 1. The minimum absolute atomic E-state index is 0.0197. The Hall–Kier alpha value is -1.24. The maximum absolute atomic E-state index is 12.0. The van der Waals surface area contributed by atoms with Crippen LogP contribution < -0.4 is 0 Å². The van der Waals surface area contributed by atoms with Gasteiger partial charge in [-0.15, -0.1) is 0 Å². The zero-order chi connectivity index (χ0) is 11.3. The van der Waals surface area contributed by atoms with E-state index in [4.69, 9.17) is 5.26 Å². The number of amides is 2. The van der Waals surface area contributed by atoms with E-state index < -0.39 is 0 Å². The van der Waals surface area contributed by atoms with Crippen molar-refractivity contribution in [3.05, 3.63) is 0 Å². The topological polar surface area (TPSA) is 47.3 Å². The van der Waals surface area contributed by atoms with Crippen LogP contribution in [0.1, 0.15) is 33.1 Å². The van der Waals surface area contributed by atoms with Crippen molar-refractivity contribution in [2.75, 3.05) is 19.6 Å². The van der Waals surface area contributed by atoms with Gasteiger partial charge in [0.15, 0.2) is 0 Å². The van der Waals surface area contributed by atoms with E-state index in [2.05, 4.69) is 6.07 Å². The number of carbonyl (C=O) groups is 1. The van der Waals surface area contributed by atoms with Crippen molar-refractivity contribution in [1.29, 1.82) is 5.26 Å². The summed E-state index contributed by atoms with van der Waals surface area (Å²) in [6.07, 6.45) is 2.90. The van der Waals surface area contributed by atoms with Crippen LogP contribution in [0.4, 0.5) is 4.79 Å². The molecule has 1 fully saturated rings. The van der Waals surface area contributed by atoms with Crippen molar-refractivity contribution in [2.45, 2.75) is 39.2 Å². The number of piperidine rings is 1. The molecule has 0 spiro atoms. The second kappa shape index (κ2) is 5.59. The molecule has 0 saturated carbocycles. The molecule has 0 bridgehead atoms. The van der Waals surface area contributed by atoms with Gasteiger partial charge in [0, 0.05) is 19.6 Å². The van der Waals surface area contributed by atoms with Gasteiger partial charge >= 0.3 is 6.03 Å². The van der Waals surface area contributed by atoms with Crippen molar-refractivity contribution >= 4 is 6.03 Å². The maximum atomic E-state index is 12.0. The summed E-state index contributed by atoms with van der Waals surface area (Å²) in [5.41, 5.74) is 0. The number of hydrogen-bond acceptors (Lipinski definition) is 2. The van der Waals surface area contributed by atoms with E-state index in [9.17, 15) is 4.79 Å². The van der Waals surface area contributed by atoms with Gasteiger partial charge in [-0.2, -0.15) is 5.26 Å². The van der Waals surface area contributed by atoms with Crippen LogP contribution in [0.2, 0.25) is 0 Å². The van der Waals surface area contributed by atoms with Crippen LogP contribution in [0.25, 0.3) is 0 Å². The van der Waals surface area contributed by atoms with Crippen LogP contribution in [0.5, 0.6) is 0 Å². The Morgan fingerprint density at radius 1 is 1.47 bits per heavy atom. The Morgan fingerprint density at radius 3 is 2.67 bits per heavy atom. The van der Waals surface area contributed by atoms with Crippen molar-refractivity contribution in [3.8, 4) is 6.07 Å². The molecule has 4 heteroatoms. The summed E-state index contributed by atoms with van der Waals surface area (Å²) in [6, 6.07) is 2.02. The number of hydrogen-bond donors (Lipinski definition) is 0. The van der Waals surface area contributed by atoms with Crippen molar-refractivity contribution < 1.29 is 4.79 Å². The molecule has 0 aromatic rings. The smallest absolute Gasteiger partial charge is 0.321 e. The summed E-state index contributed by atoms with van der Waals surface area (Å²) in [6.45, 7) is 6.08. The molecular weight excluding hydrogens is 190 g/mol. The lowest BCUT2D eigenvalue weighted by molar-refractivity contribution is 0.133. The van der Waals surface area contributed by atoms with Gasteiger partial charge in [0.25, 0.3) is 0 Å². The van der Waals surface area contributed by atoms with Crippen LogP contribution in [-0.2, 0) is 0 Å². The molecule has 0 N–H and O–H groups in total. The number of likely N-dealkylation sites (tertiary alicyclic amines) is 1. The lowest BCUT2D eigenvalue weighted by Crippen LogP contribution is -2.49. The van der Waals surface area contributed by atoms with Gasteiger partial charge < -0.3 is 9.80 Å². The monoisotopic (exact) mass is 209 g/mol. The molecule has 1 heterocycles. The predicted octanol–water partition coefficient (Wildman–Crippen LogP) is 1.83. The second-order valence-electron chi connectivity index (χ2n) is 3.79. The molecule has 1 unspecified atom stereocenters. The highest BCUT2D eigenvalue weighted by molar-refractivity contribution is 5.75. The Balaban J connectivity index is 2.67. The minimum Gasteiger partial charge on any atom is -0.325 e. The Kier molecular flexibility index (Phi) is 4.41. The van der Waals surface area contributed by atoms with Crippen LogP contribution in [0.3, 0.4) is 0 Å². The second-order valence-corrected chi connectivity index (χ2v) is 3.79. The fourth-order valence-corrected chi connectivity index (χ4v) is 1.97. The lowest BCUT2D eigenvalue weighted by atomic mass is 10.0. The molecule has 15 heavy (non-hydrogen) atoms. The van der Waals surface area contributed by atoms with E-state index in [1.54, 1.807) is 9.80 Å². The summed E-state index contributed by atoms with van der Waals surface area (Å²) >= 11 is 0. The zero-order valence-electron chi connectivity index (χ0n) is 9.57. The number of nitrogens with zero attached hydrogens (tertiary/aromatic N) is 3. The SMILES string of the molecule is CCN(CC)C(=O)N1CCCCC1C#N. The van der Waals surface area contributed by atoms with Crippen molar-refractivity contribution in [1.82, 2.24) is 9.80 Å². The molecule has 1 atom stereocenters. The molecule has 0 aromatic carbocycles. The normalized spacial score (nSPS) is 20.9. The molecule has 84 valence electrons. The van der Waals surface area contributed by atoms with E-state index in [1.807, 2.05) is 13.8 Å². The molecule has 1 saturated heterocycles. The third-order valence-electron chi connectivity index (χ3n) is 2.93. The van der Waals surface area contributed by atoms with Gasteiger partial charge in [-0.1, -0.05) is 0 Å². The Bertz CT molecular complexity index is 255. The highest BCUT2D eigenvalue weighted by Gasteiger charge is 2.28. The van der Waals surface area contributed by atoms with Gasteiger partial charge in [0.1, 0.15) is 6.04 Å². The van der Waals surface area contributed by atoms with E-state index in [0.717, 1.165) is 25.8 Å². The molecular formula is C11H19N3O. The minimum atomic E-state index is -0.216. The summed E-state index contributed by atoms with van der Waals surface area (Å²) in [4.78, 5) is 15.5. The quantitative estimate of drug-likeness (QED) is 0.696. The van der Waals surface area contributed by atoms with Gasteiger partial charge in [0.05, 0.1) is 6.07 Å². The van der Waals surface area contributed by atoms with Gasteiger partial charge in [-0.3, -0.25) is 0 Å². The largest absolute Gasteiger partial charge is 0.325 e. The molecule has 4 nitrogen and oxygen atoms in total. The van der Waals surface area contributed by atoms with Crippen molar-refractivity contribution in [2.24, 2.45) is 0 Å². The van der Waals surface area contributed by atoms with Crippen molar-refractivity contribution in [3.63, 3.8) is 0 Å². The first-order valence-electron chi connectivity index (χ1n) is 5.69. The predicted molar refractivity (Wildman–Crippen MR) is 58.3 cm³/mol. The third kappa shape index (κ3) is 2.62. The molecule has 0 radical (unpaired) electrons. The highest BCUT2D eigenvalue weighted by atomic mass is 16.2. The highest BCUT2D eigenvalue weighted by Crippen LogP contribution is 2.17. The molecule has 1 aliphatic rings. The summed E-state index contributed by atoms with van der Waals surface area (Å²) in [5, 5.41) is 8.98. The fourth-order valence-electron chi connectivity index (χ4n) is 1.97. The molecule has 0 aliphatic carbocycles. The van der Waals surface area contributed by atoms with Crippen LogP contribution in [0, 0.1) is 11.3 Å². The van der Waals surface area contributed by atoms with Crippen LogP contribution in [0.15, 0.2) is 0 Å². The number of nitriles is 1. The molecule has 2 amide bonds. The first-order valence-corrected chi connectivity index (χ1v) is 5.69. The number of rotatable bonds is 2. The standard InChI is InChI=1S/C11H19N3O/c1-3-13(4-2)11(15)14-8-6-5-7-10(14)9-12/h10H,3-8H2,1-2H3. The van der Waals surface area contributed by atoms with Crippen LogP contribution >= 0.6 is 0 Å². The van der Waals surface area contributed by atoms with Crippen LogP contribution in [-0.4, -0.2) is 41.5 Å². The first-order chi connectivity index (χ1) is 7.24. The van der Waals surface area contributed by atoms with Gasteiger partial charge in [-0.05, 0) is 33.1 Å². The summed E-state index contributed by atoms with van der Waals surface area (Å²) < 4.78 is 0. The van der Waals surface area contributed by atoms with E-state index in [0.29, 0.717) is 13.1 Å². The summed E-state index contributed by atoms with van der Waals surface area (Å²) in [5.74, 6) is 0. The zero-order valence-corrected chi connectivity index (χ0v) is 9.57. The van der Waals surface area contributed by atoms with E-state index >= 15 is 0 Å². The van der Waals surface area contributed by atoms with Gasteiger partial charge in [0.2, 0.25) is 0 Å². The van der Waals surface area contributed by atoms with E-state index in [-0.39, 0.29) is 12.1 Å². The maximum Gasteiger partial charge on any atom is 0.321 e. The fraction of sp³-hybridized carbons (Fsp3) is 0.818. The van der Waals surface area contributed by atoms with Gasteiger partial charge in [-0.25, -0.2) is 4.79 Å². The van der Waals surface area contributed by atoms with E-state index in [1.165, 1.54) is 0 Å². The Labute approximate surface area is 91.5 Å². The third-order valence-corrected chi connectivity index (χ3v) is 2.93. The molecule has 0 aromatic heterocycles. The summed E-state index contributed by atoms with van der Waals surface area (Å²) in [7, 11) is 0. The Morgan fingerprint density at radius 2 is 2.13 bits per heavy atom. The average Bonchev–Trinajstić information content (AvgIpc) is 2.30. The average molecular weight is 209 g/mol. The molecule has 1 aliphatic heterocycles.